The third-order valence-corrected chi connectivity index (χ3v) is 6.36. The van der Waals surface area contributed by atoms with E-state index in [1.807, 2.05) is 49.0 Å². The second kappa shape index (κ2) is 5.97. The smallest absolute Gasteiger partial charge is 0.312 e. The van der Waals surface area contributed by atoms with Gasteiger partial charge in [-0.2, -0.15) is 13.2 Å². The third-order valence-electron chi connectivity index (χ3n) is 6.36. The molecule has 152 valence electrons. The molecule has 3 heterocycles. The first-order chi connectivity index (χ1) is 14.9. The van der Waals surface area contributed by atoms with Gasteiger partial charge in [-0.25, -0.2) is 4.57 Å². The van der Waals surface area contributed by atoms with E-state index in [0.29, 0.717) is 5.39 Å². The van der Waals surface area contributed by atoms with E-state index in [2.05, 4.69) is 28.7 Å². The molecule has 0 aliphatic rings. The zero-order chi connectivity index (χ0) is 21.5. The van der Waals surface area contributed by atoms with Gasteiger partial charge in [-0.15, -0.1) is 0 Å². The molecule has 0 aliphatic carbocycles. The number of aryl methyl sites for hydroxylation is 2. The Morgan fingerprint density at radius 2 is 1.55 bits per heavy atom. The Bertz CT molecular complexity index is 1640. The van der Waals surface area contributed by atoms with Gasteiger partial charge < -0.3 is 4.40 Å². The third kappa shape index (κ3) is 2.37. The first kappa shape index (κ1) is 18.2. The van der Waals surface area contributed by atoms with Gasteiger partial charge in [0.05, 0.1) is 27.5 Å². The highest BCUT2D eigenvalue weighted by atomic mass is 19.4. The molecule has 0 N–H and O–H groups in total. The number of rotatable bonds is 1. The van der Waals surface area contributed by atoms with Crippen LogP contribution in [0.2, 0.25) is 0 Å². The minimum absolute atomic E-state index is 0.598. The van der Waals surface area contributed by atoms with E-state index in [1.54, 1.807) is 6.07 Å². The molecule has 0 spiro atoms. The highest BCUT2D eigenvalue weighted by molar-refractivity contribution is 6.19. The molecule has 5 heteroatoms. The molecule has 6 rings (SSSR count). The number of nitrogens with zero attached hydrogens (tertiary/aromatic N) is 2. The van der Waals surface area contributed by atoms with Crippen LogP contribution in [-0.2, 0) is 13.2 Å². The van der Waals surface area contributed by atoms with Gasteiger partial charge in [0, 0.05) is 27.9 Å². The highest BCUT2D eigenvalue weighted by Crippen LogP contribution is 2.42. The van der Waals surface area contributed by atoms with Crippen molar-refractivity contribution in [2.45, 2.75) is 13.1 Å². The molecule has 0 bridgehead atoms. The van der Waals surface area contributed by atoms with Crippen LogP contribution in [0, 0.1) is 6.92 Å². The van der Waals surface area contributed by atoms with Crippen molar-refractivity contribution < 1.29 is 17.7 Å². The van der Waals surface area contributed by atoms with Gasteiger partial charge in [-0.3, -0.25) is 0 Å². The molecule has 2 nitrogen and oxygen atoms in total. The molecule has 0 unspecified atom stereocenters. The number of benzene rings is 3. The molecule has 0 aliphatic heterocycles. The number of hydrogen-bond donors (Lipinski definition) is 0. The van der Waals surface area contributed by atoms with Crippen LogP contribution in [0.4, 0.5) is 13.2 Å². The predicted molar refractivity (Wildman–Crippen MR) is 117 cm³/mol. The molecule has 0 amide bonds. The Kier molecular flexibility index (Phi) is 3.51. The van der Waals surface area contributed by atoms with Crippen LogP contribution in [0.25, 0.3) is 49.2 Å². The van der Waals surface area contributed by atoms with Crippen molar-refractivity contribution in [3.63, 3.8) is 0 Å². The topological polar surface area (TPSA) is 8.29 Å². The quantitative estimate of drug-likeness (QED) is 0.266. The second-order valence-corrected chi connectivity index (χ2v) is 8.09. The largest absolute Gasteiger partial charge is 0.416 e. The van der Waals surface area contributed by atoms with Crippen LogP contribution in [-0.4, -0.2) is 4.40 Å². The van der Waals surface area contributed by atoms with Crippen molar-refractivity contribution in [1.82, 2.24) is 4.40 Å². The minimum Gasteiger partial charge on any atom is -0.312 e. The van der Waals surface area contributed by atoms with Gasteiger partial charge in [-0.05, 0) is 30.5 Å². The van der Waals surface area contributed by atoms with E-state index < -0.39 is 11.7 Å². The fourth-order valence-electron chi connectivity index (χ4n) is 5.02. The van der Waals surface area contributed by atoms with Gasteiger partial charge >= 0.3 is 6.18 Å². The van der Waals surface area contributed by atoms with Crippen molar-refractivity contribution in [1.29, 1.82) is 0 Å². The van der Waals surface area contributed by atoms with Crippen molar-refractivity contribution in [3.8, 4) is 11.3 Å². The van der Waals surface area contributed by atoms with Gasteiger partial charge in [0.1, 0.15) is 7.05 Å². The summed E-state index contributed by atoms with van der Waals surface area (Å²) in [5.74, 6) is 0. The lowest BCUT2D eigenvalue weighted by molar-refractivity contribution is -0.659. The number of pyridine rings is 1. The average molecular weight is 415 g/mol. The van der Waals surface area contributed by atoms with Crippen molar-refractivity contribution in [2.24, 2.45) is 7.05 Å². The summed E-state index contributed by atoms with van der Waals surface area (Å²) in [6.45, 7) is 2.05. The Labute approximate surface area is 176 Å². The lowest BCUT2D eigenvalue weighted by Gasteiger charge is -2.10. The zero-order valence-corrected chi connectivity index (χ0v) is 17.0. The predicted octanol–water partition coefficient (Wildman–Crippen LogP) is 6.66. The number of fused-ring (bicyclic) bond motifs is 4. The summed E-state index contributed by atoms with van der Waals surface area (Å²) < 4.78 is 44.7. The maximum Gasteiger partial charge on any atom is 0.416 e. The van der Waals surface area contributed by atoms with Crippen LogP contribution < -0.4 is 4.57 Å². The van der Waals surface area contributed by atoms with E-state index in [4.69, 9.17) is 0 Å². The summed E-state index contributed by atoms with van der Waals surface area (Å²) in [5, 5.41) is 4.77. The number of alkyl halides is 3. The summed E-state index contributed by atoms with van der Waals surface area (Å²) >= 11 is 0. The lowest BCUT2D eigenvalue weighted by Crippen LogP contribution is -2.30. The molecule has 0 fully saturated rings. The van der Waals surface area contributed by atoms with Crippen molar-refractivity contribution in [3.05, 3.63) is 84.2 Å². The first-order valence-electron chi connectivity index (χ1n) is 10.1. The van der Waals surface area contributed by atoms with E-state index in [0.717, 1.165) is 50.2 Å². The molecule has 6 aromatic rings. The van der Waals surface area contributed by atoms with Gasteiger partial charge in [-0.1, -0.05) is 42.5 Å². The Morgan fingerprint density at radius 3 is 2.35 bits per heavy atom. The highest BCUT2D eigenvalue weighted by Gasteiger charge is 2.32. The molecule has 0 saturated heterocycles. The van der Waals surface area contributed by atoms with Crippen LogP contribution >= 0.6 is 0 Å². The minimum atomic E-state index is -4.39. The van der Waals surface area contributed by atoms with E-state index >= 15 is 0 Å². The van der Waals surface area contributed by atoms with Crippen LogP contribution in [0.3, 0.4) is 0 Å². The fourth-order valence-corrected chi connectivity index (χ4v) is 5.02. The monoisotopic (exact) mass is 415 g/mol. The fraction of sp³-hybridized carbons (Fsp3) is 0.115. The SMILES string of the molecule is Cc1c(-c2c3cc(C(F)(F)F)ccc3cc[n+]2C)c2cccc3c4ccccc4n1c23. The summed E-state index contributed by atoms with van der Waals surface area (Å²) in [7, 11) is 1.89. The summed E-state index contributed by atoms with van der Waals surface area (Å²) in [6.07, 6.45) is -2.47. The number of aromatic nitrogens is 2. The number of para-hydroxylation sites is 2. The average Bonchev–Trinajstić information content (AvgIpc) is 3.24. The molecule has 31 heavy (non-hydrogen) atoms. The summed E-state index contributed by atoms with van der Waals surface area (Å²) in [4.78, 5) is 0. The molecule has 0 saturated carbocycles. The Balaban J connectivity index is 1.81. The molecule has 0 atom stereocenters. The molecule has 3 aromatic carbocycles. The normalized spacial score (nSPS) is 12.7. The lowest BCUT2D eigenvalue weighted by atomic mass is 9.98. The molecule has 3 aromatic heterocycles. The van der Waals surface area contributed by atoms with Crippen molar-refractivity contribution >= 4 is 38.0 Å². The number of hydrogen-bond acceptors (Lipinski definition) is 0. The summed E-state index contributed by atoms with van der Waals surface area (Å²) in [6, 6.07) is 20.3. The van der Waals surface area contributed by atoms with Crippen LogP contribution in [0.15, 0.2) is 72.9 Å². The molecular weight excluding hydrogens is 397 g/mol. The van der Waals surface area contributed by atoms with Crippen LogP contribution in [0.5, 0.6) is 0 Å². The first-order valence-corrected chi connectivity index (χ1v) is 10.1. The summed E-state index contributed by atoms with van der Waals surface area (Å²) in [5.41, 5.74) is 4.37. The van der Waals surface area contributed by atoms with E-state index in [-0.39, 0.29) is 0 Å². The Morgan fingerprint density at radius 1 is 0.806 bits per heavy atom. The van der Waals surface area contributed by atoms with Gasteiger partial charge in [0.25, 0.3) is 0 Å². The Hall–Kier alpha value is -3.60. The molecular formula is C26H18F3N2+. The zero-order valence-electron chi connectivity index (χ0n) is 17.0. The van der Waals surface area contributed by atoms with E-state index in [9.17, 15) is 13.2 Å². The standard InChI is InChI=1S/C26H18F3N2/c1-15-23(20-8-5-7-19-18-6-3-4-9-22(18)31(15)24(19)20)25-21-14-17(26(27,28)29)11-10-16(21)12-13-30(25)2/h3-14H,1-2H3/q+1. The number of halogens is 3. The van der Waals surface area contributed by atoms with E-state index in [1.165, 1.54) is 11.5 Å². The van der Waals surface area contributed by atoms with Crippen molar-refractivity contribution in [2.75, 3.05) is 0 Å². The van der Waals surface area contributed by atoms with Gasteiger partial charge in [0.15, 0.2) is 6.20 Å². The van der Waals surface area contributed by atoms with Gasteiger partial charge in [0.2, 0.25) is 5.69 Å². The second-order valence-electron chi connectivity index (χ2n) is 8.09. The molecule has 0 radical (unpaired) electrons. The maximum atomic E-state index is 13.5. The maximum absolute atomic E-state index is 13.5. The van der Waals surface area contributed by atoms with Crippen LogP contribution in [0.1, 0.15) is 11.3 Å².